The lowest BCUT2D eigenvalue weighted by molar-refractivity contribution is 0.483. The summed E-state index contributed by atoms with van der Waals surface area (Å²) >= 11 is -2.48. The van der Waals surface area contributed by atoms with Crippen LogP contribution >= 0.6 is 0 Å². The number of nitrogens with one attached hydrogen (secondary N) is 2. The Bertz CT molecular complexity index is 1270. The third-order valence-electron chi connectivity index (χ3n) is 5.68. The van der Waals surface area contributed by atoms with E-state index >= 15 is 0 Å². The highest BCUT2D eigenvalue weighted by atomic mass is 32.2. The second-order valence-corrected chi connectivity index (χ2v) is 10.4. The molecule has 3 aromatic rings. The Balaban J connectivity index is 2.28. The highest BCUT2D eigenvalue weighted by Gasteiger charge is 2.25. The van der Waals surface area contributed by atoms with Crippen molar-refractivity contribution in [2.75, 3.05) is 23.7 Å². The van der Waals surface area contributed by atoms with Gasteiger partial charge in [-0.1, -0.05) is 30.3 Å². The van der Waals surface area contributed by atoms with Gasteiger partial charge in [0.15, 0.2) is 11.1 Å². The molecule has 0 fully saturated rings. The molecule has 0 radical (unpaired) electrons. The van der Waals surface area contributed by atoms with Gasteiger partial charge in [-0.2, -0.15) is 8.42 Å². The highest BCUT2D eigenvalue weighted by molar-refractivity contribution is 7.86. The van der Waals surface area contributed by atoms with Crippen LogP contribution in [0.1, 0.15) is 47.6 Å². The van der Waals surface area contributed by atoms with Crippen molar-refractivity contribution in [2.24, 2.45) is 0 Å². The van der Waals surface area contributed by atoms with Crippen molar-refractivity contribution >= 4 is 32.6 Å². The van der Waals surface area contributed by atoms with Crippen molar-refractivity contribution in [1.29, 1.82) is 0 Å². The van der Waals surface area contributed by atoms with Gasteiger partial charge in [0.05, 0.1) is 9.79 Å². The number of benzene rings is 3. The van der Waals surface area contributed by atoms with Gasteiger partial charge in [-0.25, -0.2) is 4.21 Å². The molecule has 0 heterocycles. The minimum atomic E-state index is -4.53. The summed E-state index contributed by atoms with van der Waals surface area (Å²) in [6, 6.07) is 15.7. The fraction of sp³-hybridized carbons (Fsp3) is 0.280. The summed E-state index contributed by atoms with van der Waals surface area (Å²) in [5.74, 6) is -0.440. The molecular formula is C25H30N2O5S2. The van der Waals surface area contributed by atoms with E-state index in [1.165, 1.54) is 12.1 Å². The maximum atomic E-state index is 12.3. The van der Waals surface area contributed by atoms with Crippen LogP contribution in [0.15, 0.2) is 64.4 Å². The standard InChI is InChI=1S/C25H30N2O5S2/c1-5-26-22-11-7-18(13-16(22)3)25(19-8-12-23(27-6-2)17(4)14-19)21-10-9-20(34(30,31)32)15-24(21)33(28)29/h7-15,25-27H,5-6H2,1-4H3,(H,28,29)(H,30,31,32). The molecule has 1 unspecified atom stereocenters. The molecule has 9 heteroatoms. The quantitative estimate of drug-likeness (QED) is 0.181. The molecule has 4 N–H and O–H groups in total. The number of anilines is 2. The topological polar surface area (TPSA) is 116 Å². The monoisotopic (exact) mass is 502 g/mol. The molecule has 0 aliphatic carbocycles. The Morgan fingerprint density at radius 1 is 0.853 bits per heavy atom. The van der Waals surface area contributed by atoms with E-state index in [4.69, 9.17) is 0 Å². The van der Waals surface area contributed by atoms with Crippen molar-refractivity contribution in [3.63, 3.8) is 0 Å². The largest absolute Gasteiger partial charge is 0.385 e. The maximum Gasteiger partial charge on any atom is 0.294 e. The summed E-state index contributed by atoms with van der Waals surface area (Å²) in [6.45, 7) is 9.57. The zero-order valence-electron chi connectivity index (χ0n) is 19.6. The van der Waals surface area contributed by atoms with Crippen LogP contribution < -0.4 is 10.6 Å². The first-order valence-corrected chi connectivity index (χ1v) is 13.5. The summed E-state index contributed by atoms with van der Waals surface area (Å²) in [4.78, 5) is -0.494. The number of aryl methyl sites for hydroxylation is 2. The third kappa shape index (κ3) is 5.67. The summed E-state index contributed by atoms with van der Waals surface area (Å²) in [5, 5.41) is 6.63. The van der Waals surface area contributed by atoms with Crippen molar-refractivity contribution in [3.05, 3.63) is 82.4 Å². The molecule has 7 nitrogen and oxygen atoms in total. The van der Waals surface area contributed by atoms with Crippen LogP contribution in [0, 0.1) is 13.8 Å². The van der Waals surface area contributed by atoms with Crippen molar-refractivity contribution in [1.82, 2.24) is 0 Å². The van der Waals surface area contributed by atoms with E-state index in [0.717, 1.165) is 52.8 Å². The van der Waals surface area contributed by atoms with Crippen LogP contribution in [0.2, 0.25) is 0 Å². The first-order chi connectivity index (χ1) is 16.1. The Morgan fingerprint density at radius 3 is 1.74 bits per heavy atom. The van der Waals surface area contributed by atoms with Crippen LogP contribution in [0.3, 0.4) is 0 Å². The molecule has 0 amide bonds. The number of hydrogen-bond acceptors (Lipinski definition) is 5. The average molecular weight is 503 g/mol. The van der Waals surface area contributed by atoms with Crippen LogP contribution in [0.5, 0.6) is 0 Å². The lowest BCUT2D eigenvalue weighted by Gasteiger charge is -2.23. The lowest BCUT2D eigenvalue weighted by atomic mass is 9.83. The van der Waals surface area contributed by atoms with Crippen LogP contribution in [-0.2, 0) is 21.2 Å². The summed E-state index contributed by atoms with van der Waals surface area (Å²) in [5.41, 5.74) is 6.30. The van der Waals surface area contributed by atoms with Gasteiger partial charge in [0.1, 0.15) is 0 Å². The minimum absolute atomic E-state index is 0.0676. The zero-order chi connectivity index (χ0) is 25.0. The zero-order valence-corrected chi connectivity index (χ0v) is 21.3. The molecule has 0 saturated heterocycles. The molecule has 0 bridgehead atoms. The molecule has 182 valence electrons. The normalized spacial score (nSPS) is 12.6. The first-order valence-electron chi connectivity index (χ1n) is 11.0. The lowest BCUT2D eigenvalue weighted by Crippen LogP contribution is -2.11. The van der Waals surface area contributed by atoms with E-state index in [9.17, 15) is 21.7 Å². The van der Waals surface area contributed by atoms with E-state index in [0.29, 0.717) is 5.56 Å². The summed E-state index contributed by atoms with van der Waals surface area (Å²) in [6.07, 6.45) is 0. The summed E-state index contributed by atoms with van der Waals surface area (Å²) in [7, 11) is -4.53. The number of rotatable bonds is 9. The van der Waals surface area contributed by atoms with Gasteiger partial charge < -0.3 is 15.2 Å². The molecule has 0 saturated carbocycles. The second kappa shape index (κ2) is 10.7. The molecule has 0 aromatic heterocycles. The summed E-state index contributed by atoms with van der Waals surface area (Å²) < 4.78 is 55.2. The van der Waals surface area contributed by atoms with Crippen molar-refractivity contribution in [3.8, 4) is 0 Å². The van der Waals surface area contributed by atoms with Gasteiger partial charge in [-0.05, 0) is 79.8 Å². The van der Waals surface area contributed by atoms with Crippen molar-refractivity contribution < 1.29 is 21.7 Å². The number of hydrogen-bond donors (Lipinski definition) is 4. The van der Waals surface area contributed by atoms with Crippen molar-refractivity contribution in [2.45, 2.75) is 43.4 Å². The van der Waals surface area contributed by atoms with Crippen LogP contribution in [0.25, 0.3) is 0 Å². The Labute approximate surface area is 203 Å². The van der Waals surface area contributed by atoms with Crippen LogP contribution in [0.4, 0.5) is 11.4 Å². The molecule has 34 heavy (non-hydrogen) atoms. The molecule has 3 aromatic carbocycles. The average Bonchev–Trinajstić information content (AvgIpc) is 2.77. The Kier molecular flexibility index (Phi) is 8.14. The first kappa shape index (κ1) is 25.9. The van der Waals surface area contributed by atoms with Gasteiger partial charge in [-0.15, -0.1) is 0 Å². The predicted molar refractivity (Wildman–Crippen MR) is 137 cm³/mol. The molecule has 0 spiro atoms. The van der Waals surface area contributed by atoms with Gasteiger partial charge in [0, 0.05) is 30.4 Å². The highest BCUT2D eigenvalue weighted by Crippen LogP contribution is 2.38. The van der Waals surface area contributed by atoms with E-state index in [1.807, 2.05) is 64.1 Å². The van der Waals surface area contributed by atoms with E-state index in [2.05, 4.69) is 10.6 Å². The molecule has 0 aliphatic rings. The van der Waals surface area contributed by atoms with Gasteiger partial charge >= 0.3 is 0 Å². The van der Waals surface area contributed by atoms with E-state index in [-0.39, 0.29) is 4.90 Å². The second-order valence-electron chi connectivity index (χ2n) is 8.07. The SMILES string of the molecule is CCNc1ccc(C(c2ccc(NCC)c(C)c2)c2ccc(S(=O)(=O)O)cc2S(=O)O)cc1C. The Hall–Kier alpha value is -2.72. The van der Waals surface area contributed by atoms with E-state index in [1.54, 1.807) is 0 Å². The van der Waals surface area contributed by atoms with Gasteiger partial charge in [0.2, 0.25) is 0 Å². The molecule has 1 atom stereocenters. The van der Waals surface area contributed by atoms with Gasteiger partial charge in [-0.3, -0.25) is 4.55 Å². The van der Waals surface area contributed by atoms with Gasteiger partial charge in [0.25, 0.3) is 10.1 Å². The maximum absolute atomic E-state index is 12.3. The van der Waals surface area contributed by atoms with Crippen LogP contribution in [-0.4, -0.2) is 34.8 Å². The molecule has 3 rings (SSSR count). The molecule has 0 aliphatic heterocycles. The minimum Gasteiger partial charge on any atom is -0.385 e. The fourth-order valence-electron chi connectivity index (χ4n) is 4.13. The third-order valence-corrected chi connectivity index (χ3v) is 7.26. The smallest absolute Gasteiger partial charge is 0.294 e. The van der Waals surface area contributed by atoms with E-state index < -0.39 is 32.0 Å². The fourth-order valence-corrected chi connectivity index (χ4v) is 5.32. The Morgan fingerprint density at radius 2 is 1.35 bits per heavy atom. The predicted octanol–water partition coefficient (Wildman–Crippen LogP) is 5.17. The molecular weight excluding hydrogens is 472 g/mol.